The Bertz CT molecular complexity index is 684. The zero-order chi connectivity index (χ0) is 15.4. The summed E-state index contributed by atoms with van der Waals surface area (Å²) in [6, 6.07) is 3.05. The number of halogens is 1. The average Bonchev–Trinajstić information content (AvgIpc) is 2.83. The molecule has 0 spiro atoms. The summed E-state index contributed by atoms with van der Waals surface area (Å²) in [5.74, 6) is -0.708. The number of nitro groups is 1. The third-order valence-corrected chi connectivity index (χ3v) is 2.96. The summed E-state index contributed by atoms with van der Waals surface area (Å²) in [5.41, 5.74) is -0.613. The van der Waals surface area contributed by atoms with Gasteiger partial charge in [-0.1, -0.05) is 0 Å². The zero-order valence-electron chi connectivity index (χ0n) is 11.2. The van der Waals surface area contributed by atoms with E-state index in [2.05, 4.69) is 10.3 Å². The molecule has 0 radical (unpaired) electrons. The monoisotopic (exact) mass is 292 g/mol. The van der Waals surface area contributed by atoms with Gasteiger partial charge >= 0.3 is 5.69 Å². The molecule has 21 heavy (non-hydrogen) atoms. The number of rotatable bonds is 5. The second kappa shape index (κ2) is 6.12. The topological polar surface area (TPSA) is 90.1 Å². The Morgan fingerprint density at radius 2 is 2.29 bits per heavy atom. The fraction of sp³-hybridized carbons (Fsp3) is 0.231. The first-order chi connectivity index (χ1) is 9.99. The second-order valence-electron chi connectivity index (χ2n) is 4.38. The molecule has 2 rings (SSSR count). The molecule has 0 bridgehead atoms. The maximum absolute atomic E-state index is 13.4. The van der Waals surface area contributed by atoms with Gasteiger partial charge in [0.25, 0.3) is 5.91 Å². The molecule has 0 saturated heterocycles. The zero-order valence-corrected chi connectivity index (χ0v) is 11.2. The minimum Gasteiger partial charge on any atom is -0.352 e. The molecule has 0 fully saturated rings. The van der Waals surface area contributed by atoms with Crippen LogP contribution in [0.2, 0.25) is 0 Å². The van der Waals surface area contributed by atoms with E-state index in [4.69, 9.17) is 0 Å². The van der Waals surface area contributed by atoms with Gasteiger partial charge in [-0.25, -0.2) is 4.98 Å². The molecule has 0 unspecified atom stereocenters. The smallest absolute Gasteiger partial charge is 0.304 e. The highest BCUT2D eigenvalue weighted by Crippen LogP contribution is 2.17. The normalized spacial score (nSPS) is 10.4. The van der Waals surface area contributed by atoms with E-state index in [1.165, 1.54) is 6.07 Å². The van der Waals surface area contributed by atoms with Crippen LogP contribution in [0.1, 0.15) is 16.2 Å². The molecule has 1 aromatic heterocycles. The van der Waals surface area contributed by atoms with E-state index in [0.29, 0.717) is 13.0 Å². The standard InChI is InChI=1S/C13H13FN4O3/c1-17-7-6-15-12(17)4-5-16-13(19)9-2-3-11(18(20)21)10(14)8-9/h2-3,6-8H,4-5H2,1H3,(H,16,19). The van der Waals surface area contributed by atoms with Crippen molar-refractivity contribution >= 4 is 11.6 Å². The first-order valence-corrected chi connectivity index (χ1v) is 6.17. The number of amides is 1. The number of carbonyl (C=O) groups excluding carboxylic acids is 1. The number of benzene rings is 1. The van der Waals surface area contributed by atoms with Gasteiger partial charge in [0.15, 0.2) is 0 Å². The van der Waals surface area contributed by atoms with Gasteiger partial charge < -0.3 is 9.88 Å². The molecular formula is C13H13FN4O3. The highest BCUT2D eigenvalue weighted by atomic mass is 19.1. The maximum Gasteiger partial charge on any atom is 0.304 e. The largest absolute Gasteiger partial charge is 0.352 e. The van der Waals surface area contributed by atoms with Crippen molar-refractivity contribution in [2.75, 3.05) is 6.54 Å². The lowest BCUT2D eigenvalue weighted by Crippen LogP contribution is -2.26. The quantitative estimate of drug-likeness (QED) is 0.667. The van der Waals surface area contributed by atoms with Crippen molar-refractivity contribution in [3.05, 3.63) is 57.9 Å². The maximum atomic E-state index is 13.4. The number of aromatic nitrogens is 2. The van der Waals surface area contributed by atoms with Crippen molar-refractivity contribution in [1.82, 2.24) is 14.9 Å². The van der Waals surface area contributed by atoms with Gasteiger partial charge in [-0.3, -0.25) is 14.9 Å². The SMILES string of the molecule is Cn1ccnc1CCNC(=O)c1ccc([N+](=O)[O-])c(F)c1. The number of hydrogen-bond acceptors (Lipinski definition) is 4. The molecule has 1 aromatic carbocycles. The van der Waals surface area contributed by atoms with Crippen LogP contribution in [-0.4, -0.2) is 26.9 Å². The molecule has 110 valence electrons. The summed E-state index contributed by atoms with van der Waals surface area (Å²) in [5, 5.41) is 13.1. The van der Waals surface area contributed by atoms with Gasteiger partial charge in [0.1, 0.15) is 5.82 Å². The summed E-state index contributed by atoms with van der Waals surface area (Å²) >= 11 is 0. The first-order valence-electron chi connectivity index (χ1n) is 6.17. The lowest BCUT2D eigenvalue weighted by atomic mass is 10.2. The molecule has 0 aliphatic heterocycles. The van der Waals surface area contributed by atoms with Crippen LogP contribution in [0.3, 0.4) is 0 Å². The van der Waals surface area contributed by atoms with Crippen LogP contribution < -0.4 is 5.32 Å². The molecular weight excluding hydrogens is 279 g/mol. The molecule has 1 heterocycles. The third-order valence-electron chi connectivity index (χ3n) is 2.96. The summed E-state index contributed by atoms with van der Waals surface area (Å²) in [7, 11) is 1.84. The third kappa shape index (κ3) is 3.41. The molecule has 2 aromatic rings. The van der Waals surface area contributed by atoms with E-state index in [9.17, 15) is 19.3 Å². The summed E-state index contributed by atoms with van der Waals surface area (Å²) < 4.78 is 15.3. The number of nitro benzene ring substituents is 1. The molecule has 0 atom stereocenters. The predicted molar refractivity (Wildman–Crippen MR) is 72.3 cm³/mol. The fourth-order valence-corrected chi connectivity index (χ4v) is 1.82. The molecule has 1 amide bonds. The van der Waals surface area contributed by atoms with Gasteiger partial charge in [0.05, 0.1) is 4.92 Å². The van der Waals surface area contributed by atoms with Crippen LogP contribution in [0.4, 0.5) is 10.1 Å². The van der Waals surface area contributed by atoms with Gasteiger partial charge in [-0.2, -0.15) is 4.39 Å². The first kappa shape index (κ1) is 14.6. The molecule has 8 heteroatoms. The molecule has 1 N–H and O–H groups in total. The number of nitrogens with one attached hydrogen (secondary N) is 1. The van der Waals surface area contributed by atoms with E-state index in [1.807, 2.05) is 11.6 Å². The highest BCUT2D eigenvalue weighted by Gasteiger charge is 2.16. The number of aryl methyl sites for hydroxylation is 1. The number of hydrogen-bond donors (Lipinski definition) is 1. The Labute approximate surface area is 119 Å². The van der Waals surface area contributed by atoms with Crippen LogP contribution in [0.5, 0.6) is 0 Å². The Kier molecular flexibility index (Phi) is 4.27. The number of nitrogens with zero attached hydrogens (tertiary/aromatic N) is 3. The predicted octanol–water partition coefficient (Wildman–Crippen LogP) is 1.44. The van der Waals surface area contributed by atoms with Crippen molar-refractivity contribution in [1.29, 1.82) is 0 Å². The average molecular weight is 292 g/mol. The summed E-state index contributed by atoms with van der Waals surface area (Å²) in [6.07, 6.45) is 3.98. The van der Waals surface area contributed by atoms with Crippen molar-refractivity contribution in [2.24, 2.45) is 7.05 Å². The van der Waals surface area contributed by atoms with Crippen LogP contribution in [0.25, 0.3) is 0 Å². The van der Waals surface area contributed by atoms with E-state index in [0.717, 1.165) is 18.0 Å². The summed E-state index contributed by atoms with van der Waals surface area (Å²) in [6.45, 7) is 0.336. The minimum absolute atomic E-state index is 0.0398. The molecule has 0 saturated carbocycles. The Balaban J connectivity index is 1.96. The minimum atomic E-state index is -1.03. The van der Waals surface area contributed by atoms with Gasteiger partial charge in [0.2, 0.25) is 5.82 Å². The fourth-order valence-electron chi connectivity index (χ4n) is 1.82. The molecule has 0 aliphatic rings. The second-order valence-corrected chi connectivity index (χ2v) is 4.38. The highest BCUT2D eigenvalue weighted by molar-refractivity contribution is 5.94. The van der Waals surface area contributed by atoms with Crippen molar-refractivity contribution in [3.8, 4) is 0 Å². The van der Waals surface area contributed by atoms with Crippen LogP contribution in [0.15, 0.2) is 30.6 Å². The van der Waals surface area contributed by atoms with Crippen LogP contribution in [-0.2, 0) is 13.5 Å². The number of carbonyl (C=O) groups is 1. The van der Waals surface area contributed by atoms with Gasteiger partial charge in [-0.05, 0) is 12.1 Å². The molecule has 0 aliphatic carbocycles. The van der Waals surface area contributed by atoms with E-state index < -0.39 is 22.3 Å². The van der Waals surface area contributed by atoms with Crippen molar-refractivity contribution in [3.63, 3.8) is 0 Å². The van der Waals surface area contributed by atoms with Crippen LogP contribution in [0, 0.1) is 15.9 Å². The summed E-state index contributed by atoms with van der Waals surface area (Å²) in [4.78, 5) is 25.6. The van der Waals surface area contributed by atoms with Crippen molar-refractivity contribution in [2.45, 2.75) is 6.42 Å². The van der Waals surface area contributed by atoms with E-state index >= 15 is 0 Å². The molecule has 7 nitrogen and oxygen atoms in total. The van der Waals surface area contributed by atoms with Crippen molar-refractivity contribution < 1.29 is 14.1 Å². The lowest BCUT2D eigenvalue weighted by molar-refractivity contribution is -0.387. The lowest BCUT2D eigenvalue weighted by Gasteiger charge is -2.05. The Morgan fingerprint density at radius 3 is 2.86 bits per heavy atom. The van der Waals surface area contributed by atoms with E-state index in [1.54, 1.807) is 12.4 Å². The number of imidazole rings is 1. The Morgan fingerprint density at radius 1 is 1.52 bits per heavy atom. The van der Waals surface area contributed by atoms with Gasteiger partial charge in [0, 0.05) is 44.0 Å². The Hall–Kier alpha value is -2.77. The van der Waals surface area contributed by atoms with Crippen LogP contribution >= 0.6 is 0 Å². The van der Waals surface area contributed by atoms with E-state index in [-0.39, 0.29) is 5.56 Å². The van der Waals surface area contributed by atoms with Gasteiger partial charge in [-0.15, -0.1) is 0 Å².